The van der Waals surface area contributed by atoms with Gasteiger partial charge in [0.25, 0.3) is 5.91 Å². The van der Waals surface area contributed by atoms with Gasteiger partial charge in [0.15, 0.2) is 0 Å². The van der Waals surface area contributed by atoms with Gasteiger partial charge in [0.05, 0.1) is 0 Å². The van der Waals surface area contributed by atoms with Crippen molar-refractivity contribution in [3.63, 3.8) is 0 Å². The number of benzene rings is 1. The molecule has 0 spiro atoms. The number of halogens is 5. The van der Waals surface area contributed by atoms with Gasteiger partial charge in [0.2, 0.25) is 0 Å². The highest BCUT2D eigenvalue weighted by Gasteiger charge is 2.63. The summed E-state index contributed by atoms with van der Waals surface area (Å²) >= 11 is 0. The number of nitrogens with one attached hydrogen (secondary N) is 2. The van der Waals surface area contributed by atoms with Gasteiger partial charge >= 0.3 is 18.0 Å². The van der Waals surface area contributed by atoms with Crippen LogP contribution in [0.2, 0.25) is 0 Å². The zero-order chi connectivity index (χ0) is 16.4. The molecule has 0 heterocycles. The summed E-state index contributed by atoms with van der Waals surface area (Å²) in [4.78, 5) is 22.4. The fourth-order valence-electron chi connectivity index (χ4n) is 1.42. The fourth-order valence-corrected chi connectivity index (χ4v) is 1.42. The second kappa shape index (κ2) is 5.66. The molecule has 2 amide bonds. The number of carbonyl (C=O) groups is 2. The number of hydrogen-bond donors (Lipinski definition) is 2. The van der Waals surface area contributed by atoms with Crippen LogP contribution < -0.4 is 10.6 Å². The molecule has 9 heteroatoms. The predicted molar refractivity (Wildman–Crippen MR) is 64.2 cm³/mol. The Kier molecular flexibility index (Phi) is 4.55. The van der Waals surface area contributed by atoms with Crippen molar-refractivity contribution < 1.29 is 31.5 Å². The van der Waals surface area contributed by atoms with Crippen LogP contribution in [0.15, 0.2) is 18.2 Å². The molecule has 1 rings (SSSR count). The van der Waals surface area contributed by atoms with E-state index in [2.05, 4.69) is 5.32 Å². The molecule has 1 aromatic rings. The van der Waals surface area contributed by atoms with Crippen LogP contribution in [-0.2, 0) is 4.79 Å². The second-order valence-corrected chi connectivity index (χ2v) is 4.14. The Morgan fingerprint density at radius 2 is 1.67 bits per heavy atom. The minimum Gasteiger partial charge on any atom is -0.355 e. The molecule has 2 N–H and O–H groups in total. The van der Waals surface area contributed by atoms with Crippen molar-refractivity contribution in [2.24, 2.45) is 0 Å². The Morgan fingerprint density at radius 1 is 1.10 bits per heavy atom. The number of rotatable bonds is 3. The largest absolute Gasteiger partial charge is 0.463 e. The van der Waals surface area contributed by atoms with Crippen LogP contribution in [-0.4, -0.2) is 31.0 Å². The van der Waals surface area contributed by atoms with E-state index in [1.807, 2.05) is 0 Å². The van der Waals surface area contributed by atoms with Crippen LogP contribution in [0.1, 0.15) is 15.9 Å². The topological polar surface area (TPSA) is 58.2 Å². The molecule has 0 atom stereocenters. The van der Waals surface area contributed by atoms with E-state index in [4.69, 9.17) is 0 Å². The van der Waals surface area contributed by atoms with Gasteiger partial charge in [-0.1, -0.05) is 0 Å². The summed E-state index contributed by atoms with van der Waals surface area (Å²) in [6.07, 6.45) is -5.98. The molecule has 1 aromatic carbocycles. The molecule has 4 nitrogen and oxygen atoms in total. The van der Waals surface area contributed by atoms with E-state index in [0.717, 1.165) is 6.07 Å². The summed E-state index contributed by atoms with van der Waals surface area (Å²) in [7, 11) is 1.37. The van der Waals surface area contributed by atoms with Crippen LogP contribution in [0.3, 0.4) is 0 Å². The highest BCUT2D eigenvalue weighted by Crippen LogP contribution is 2.36. The quantitative estimate of drug-likeness (QED) is 0.843. The Bertz CT molecular complexity index is 569. The van der Waals surface area contributed by atoms with E-state index in [9.17, 15) is 31.5 Å². The first-order valence-electron chi connectivity index (χ1n) is 5.59. The third kappa shape index (κ3) is 3.47. The minimum absolute atomic E-state index is 0.169. The average Bonchev–Trinajstić information content (AvgIpc) is 2.38. The van der Waals surface area contributed by atoms with E-state index in [0.29, 0.717) is 0 Å². The molecule has 0 bridgehead atoms. The number of alkyl halides is 5. The molecule has 116 valence electrons. The third-order valence-corrected chi connectivity index (χ3v) is 2.61. The number of anilines is 1. The van der Waals surface area contributed by atoms with Crippen molar-refractivity contribution in [3.8, 4) is 0 Å². The molecule has 0 aliphatic rings. The summed E-state index contributed by atoms with van der Waals surface area (Å²) in [5.74, 6) is -8.44. The van der Waals surface area contributed by atoms with Crippen LogP contribution in [0.5, 0.6) is 0 Å². The predicted octanol–water partition coefficient (Wildman–Crippen LogP) is 2.49. The highest BCUT2D eigenvalue weighted by atomic mass is 19.4. The number of carbonyl (C=O) groups excluding carboxylic acids is 2. The Balaban J connectivity index is 3.00. The Hall–Kier alpha value is -2.19. The van der Waals surface area contributed by atoms with Gasteiger partial charge in [-0.25, -0.2) is 0 Å². The van der Waals surface area contributed by atoms with Crippen molar-refractivity contribution >= 4 is 17.5 Å². The number of aryl methyl sites for hydroxylation is 1. The standard InChI is InChI=1S/C12H11F5N2O2/c1-6-5-7(9(20)18-2)3-4-8(6)19-10(21)11(13,14)12(15,16)17/h3-5H,1-2H3,(H,18,20)(H,19,21). The maximum atomic E-state index is 12.8. The maximum Gasteiger partial charge on any atom is 0.463 e. The molecule has 0 unspecified atom stereocenters. The summed E-state index contributed by atoms with van der Waals surface area (Å²) in [6.45, 7) is 1.35. The Morgan fingerprint density at radius 3 is 2.10 bits per heavy atom. The first kappa shape index (κ1) is 16.9. The van der Waals surface area contributed by atoms with Crippen molar-refractivity contribution in [1.29, 1.82) is 0 Å². The fraction of sp³-hybridized carbons (Fsp3) is 0.333. The summed E-state index contributed by atoms with van der Waals surface area (Å²) in [5.41, 5.74) is 0.106. The lowest BCUT2D eigenvalue weighted by atomic mass is 10.1. The lowest BCUT2D eigenvalue weighted by Gasteiger charge is -2.19. The SMILES string of the molecule is CNC(=O)c1ccc(NC(=O)C(F)(F)C(F)(F)F)c(C)c1. The van der Waals surface area contributed by atoms with Crippen LogP contribution in [0.4, 0.5) is 27.6 Å². The van der Waals surface area contributed by atoms with E-state index in [1.54, 1.807) is 0 Å². The van der Waals surface area contributed by atoms with Crippen molar-refractivity contribution in [1.82, 2.24) is 5.32 Å². The summed E-state index contributed by atoms with van der Waals surface area (Å²) in [6, 6.07) is 3.51. The first-order valence-corrected chi connectivity index (χ1v) is 5.59. The lowest BCUT2D eigenvalue weighted by molar-refractivity contribution is -0.267. The first-order chi connectivity index (χ1) is 9.50. The van der Waals surface area contributed by atoms with Crippen molar-refractivity contribution in [3.05, 3.63) is 29.3 Å². The van der Waals surface area contributed by atoms with E-state index >= 15 is 0 Å². The van der Waals surface area contributed by atoms with Crippen LogP contribution in [0.25, 0.3) is 0 Å². The summed E-state index contributed by atoms with van der Waals surface area (Å²) in [5, 5.41) is 3.82. The normalized spacial score (nSPS) is 12.0. The second-order valence-electron chi connectivity index (χ2n) is 4.14. The van der Waals surface area contributed by atoms with Gasteiger partial charge in [0.1, 0.15) is 0 Å². The van der Waals surface area contributed by atoms with E-state index in [1.165, 1.54) is 31.4 Å². The molecule has 0 saturated heterocycles. The maximum absolute atomic E-state index is 12.8. The zero-order valence-electron chi connectivity index (χ0n) is 10.9. The van der Waals surface area contributed by atoms with Gasteiger partial charge in [-0.15, -0.1) is 0 Å². The van der Waals surface area contributed by atoms with Crippen LogP contribution >= 0.6 is 0 Å². The van der Waals surface area contributed by atoms with Gasteiger partial charge in [-0.3, -0.25) is 9.59 Å². The van der Waals surface area contributed by atoms with E-state index < -0.39 is 23.9 Å². The van der Waals surface area contributed by atoms with Gasteiger partial charge in [-0.05, 0) is 30.7 Å². The van der Waals surface area contributed by atoms with Crippen molar-refractivity contribution in [2.75, 3.05) is 12.4 Å². The molecule has 0 radical (unpaired) electrons. The summed E-state index contributed by atoms with van der Waals surface area (Å²) < 4.78 is 61.7. The third-order valence-electron chi connectivity index (χ3n) is 2.61. The molecule has 0 aliphatic carbocycles. The minimum atomic E-state index is -5.98. The number of amides is 2. The zero-order valence-corrected chi connectivity index (χ0v) is 10.9. The molecule has 0 aromatic heterocycles. The van der Waals surface area contributed by atoms with Crippen molar-refractivity contribution in [2.45, 2.75) is 19.0 Å². The highest BCUT2D eigenvalue weighted by molar-refractivity contribution is 5.99. The van der Waals surface area contributed by atoms with Gasteiger partial charge in [-0.2, -0.15) is 22.0 Å². The monoisotopic (exact) mass is 310 g/mol. The molecular formula is C12H11F5N2O2. The molecule has 0 aliphatic heterocycles. The smallest absolute Gasteiger partial charge is 0.355 e. The molecule has 0 fully saturated rings. The van der Waals surface area contributed by atoms with E-state index in [-0.39, 0.29) is 16.8 Å². The lowest BCUT2D eigenvalue weighted by Crippen LogP contribution is -2.47. The molecule has 0 saturated carbocycles. The van der Waals surface area contributed by atoms with Crippen LogP contribution in [0, 0.1) is 6.92 Å². The Labute approximate surface area is 116 Å². The molecule has 21 heavy (non-hydrogen) atoms. The molecular weight excluding hydrogens is 299 g/mol. The number of hydrogen-bond acceptors (Lipinski definition) is 2. The average molecular weight is 310 g/mol. The van der Waals surface area contributed by atoms with Gasteiger partial charge < -0.3 is 10.6 Å². The van der Waals surface area contributed by atoms with Gasteiger partial charge in [0, 0.05) is 18.3 Å².